The maximum absolute atomic E-state index is 11.9. The number of carbonyl (C=O) groups excluding carboxylic acids is 1. The van der Waals surface area contributed by atoms with Gasteiger partial charge in [0.1, 0.15) is 0 Å². The summed E-state index contributed by atoms with van der Waals surface area (Å²) in [6, 6.07) is 12.0. The van der Waals surface area contributed by atoms with Crippen LogP contribution in [0.1, 0.15) is 23.5 Å². The topological polar surface area (TPSA) is 57.8 Å². The molecule has 0 spiro atoms. The van der Waals surface area contributed by atoms with Crippen molar-refractivity contribution in [3.05, 3.63) is 66.1 Å². The fourth-order valence-electron chi connectivity index (χ4n) is 2.65. The molecule has 106 valence electrons. The summed E-state index contributed by atoms with van der Waals surface area (Å²) in [7, 11) is 1.67. The molecule has 2 heterocycles. The first-order chi connectivity index (χ1) is 10.3. The highest BCUT2D eigenvalue weighted by molar-refractivity contribution is 5.85. The third-order valence-electron chi connectivity index (χ3n) is 3.76. The van der Waals surface area contributed by atoms with Crippen LogP contribution in [0.3, 0.4) is 0 Å². The molecular formula is C17H17N3O. The quantitative estimate of drug-likeness (QED) is 0.771. The summed E-state index contributed by atoms with van der Waals surface area (Å²) in [5.41, 5.74) is 3.27. The monoisotopic (exact) mass is 279 g/mol. The van der Waals surface area contributed by atoms with Crippen LogP contribution in [0.15, 0.2) is 55.0 Å². The van der Waals surface area contributed by atoms with Gasteiger partial charge in [-0.15, -0.1) is 0 Å². The number of nitrogens with zero attached hydrogens (tertiary/aromatic N) is 1. The molecule has 3 aromatic rings. The summed E-state index contributed by atoms with van der Waals surface area (Å²) >= 11 is 0. The second-order valence-corrected chi connectivity index (χ2v) is 5.01. The zero-order valence-corrected chi connectivity index (χ0v) is 11.8. The Hall–Kier alpha value is -2.62. The molecule has 0 saturated heterocycles. The largest absolute Gasteiger partial charge is 0.361 e. The number of hydrogen-bond acceptors (Lipinski definition) is 2. The normalized spacial score (nSPS) is 12.2. The van der Waals surface area contributed by atoms with Gasteiger partial charge in [0.05, 0.1) is 0 Å². The Balaban J connectivity index is 2.08. The molecule has 0 aliphatic carbocycles. The lowest BCUT2D eigenvalue weighted by Gasteiger charge is -2.16. The molecule has 21 heavy (non-hydrogen) atoms. The van der Waals surface area contributed by atoms with Gasteiger partial charge in [-0.2, -0.15) is 0 Å². The van der Waals surface area contributed by atoms with E-state index in [0.717, 1.165) is 22.0 Å². The van der Waals surface area contributed by atoms with Crippen molar-refractivity contribution in [3.63, 3.8) is 0 Å². The van der Waals surface area contributed by atoms with Gasteiger partial charge in [0.2, 0.25) is 5.91 Å². The molecular weight excluding hydrogens is 262 g/mol. The van der Waals surface area contributed by atoms with Crippen LogP contribution >= 0.6 is 0 Å². The molecule has 1 unspecified atom stereocenters. The SMILES string of the molecule is CNC(=O)CC(c1ccccc1)c1c[nH]c2ccncc12. The van der Waals surface area contributed by atoms with Gasteiger partial charge in [-0.25, -0.2) is 0 Å². The van der Waals surface area contributed by atoms with Crippen molar-refractivity contribution in [2.45, 2.75) is 12.3 Å². The first-order valence-electron chi connectivity index (χ1n) is 6.96. The van der Waals surface area contributed by atoms with Gasteiger partial charge in [0, 0.05) is 48.9 Å². The lowest BCUT2D eigenvalue weighted by molar-refractivity contribution is -0.120. The molecule has 4 nitrogen and oxygen atoms in total. The Morgan fingerprint density at radius 3 is 2.86 bits per heavy atom. The molecule has 2 aromatic heterocycles. The van der Waals surface area contributed by atoms with Crippen LogP contribution in [0.5, 0.6) is 0 Å². The summed E-state index contributed by atoms with van der Waals surface area (Å²) in [6.07, 6.45) is 6.01. The van der Waals surface area contributed by atoms with Crippen LogP contribution in [-0.2, 0) is 4.79 Å². The average molecular weight is 279 g/mol. The number of fused-ring (bicyclic) bond motifs is 1. The lowest BCUT2D eigenvalue weighted by atomic mass is 9.88. The van der Waals surface area contributed by atoms with Gasteiger partial charge in [0.15, 0.2) is 0 Å². The van der Waals surface area contributed by atoms with Gasteiger partial charge in [-0.3, -0.25) is 9.78 Å². The average Bonchev–Trinajstić information content (AvgIpc) is 2.97. The van der Waals surface area contributed by atoms with Crippen molar-refractivity contribution in [2.24, 2.45) is 0 Å². The first kappa shape index (κ1) is 13.4. The number of benzene rings is 1. The minimum atomic E-state index is 0.0177. The van der Waals surface area contributed by atoms with E-state index in [1.54, 1.807) is 13.2 Å². The van der Waals surface area contributed by atoms with Crippen LogP contribution < -0.4 is 5.32 Å². The van der Waals surface area contributed by atoms with Crippen molar-refractivity contribution >= 4 is 16.8 Å². The minimum absolute atomic E-state index is 0.0177. The summed E-state index contributed by atoms with van der Waals surface area (Å²) in [5.74, 6) is 0.0474. The number of carbonyl (C=O) groups is 1. The summed E-state index contributed by atoms with van der Waals surface area (Å²) in [4.78, 5) is 19.3. The number of aromatic nitrogens is 2. The van der Waals surface area contributed by atoms with Gasteiger partial charge >= 0.3 is 0 Å². The van der Waals surface area contributed by atoms with Gasteiger partial charge in [0.25, 0.3) is 0 Å². The molecule has 0 aliphatic rings. The van der Waals surface area contributed by atoms with E-state index in [0.29, 0.717) is 6.42 Å². The van der Waals surface area contributed by atoms with Crippen molar-refractivity contribution in [3.8, 4) is 0 Å². The van der Waals surface area contributed by atoms with Crippen LogP contribution in [0.2, 0.25) is 0 Å². The number of amides is 1. The predicted molar refractivity (Wildman–Crippen MR) is 83.1 cm³/mol. The summed E-state index contributed by atoms with van der Waals surface area (Å²) in [6.45, 7) is 0. The van der Waals surface area contributed by atoms with E-state index in [1.807, 2.05) is 36.7 Å². The van der Waals surface area contributed by atoms with Crippen molar-refractivity contribution in [1.82, 2.24) is 15.3 Å². The maximum atomic E-state index is 11.9. The Labute approximate surface area is 123 Å². The molecule has 0 fully saturated rings. The number of hydrogen-bond donors (Lipinski definition) is 2. The van der Waals surface area contributed by atoms with Gasteiger partial charge < -0.3 is 10.3 Å². The third-order valence-corrected chi connectivity index (χ3v) is 3.76. The smallest absolute Gasteiger partial charge is 0.220 e. The molecule has 0 bridgehead atoms. The van der Waals surface area contributed by atoms with Crippen molar-refractivity contribution < 1.29 is 4.79 Å². The second kappa shape index (κ2) is 5.79. The van der Waals surface area contributed by atoms with E-state index >= 15 is 0 Å². The molecule has 1 aromatic carbocycles. The Bertz CT molecular complexity index is 749. The number of H-pyrrole nitrogens is 1. The van der Waals surface area contributed by atoms with Gasteiger partial charge in [-0.1, -0.05) is 30.3 Å². The third kappa shape index (κ3) is 2.65. The number of rotatable bonds is 4. The number of aromatic amines is 1. The predicted octanol–water partition coefficient (Wildman–Crippen LogP) is 2.83. The van der Waals surface area contributed by atoms with Gasteiger partial charge in [-0.05, 0) is 17.2 Å². The Morgan fingerprint density at radius 1 is 1.29 bits per heavy atom. The molecule has 3 rings (SSSR count). The van der Waals surface area contributed by atoms with E-state index in [9.17, 15) is 4.79 Å². The number of nitrogens with one attached hydrogen (secondary N) is 2. The zero-order chi connectivity index (χ0) is 14.7. The summed E-state index contributed by atoms with van der Waals surface area (Å²) < 4.78 is 0. The molecule has 0 radical (unpaired) electrons. The highest BCUT2D eigenvalue weighted by Gasteiger charge is 2.20. The highest BCUT2D eigenvalue weighted by atomic mass is 16.1. The van der Waals surface area contributed by atoms with Crippen molar-refractivity contribution in [2.75, 3.05) is 7.05 Å². The van der Waals surface area contributed by atoms with Crippen molar-refractivity contribution in [1.29, 1.82) is 0 Å². The summed E-state index contributed by atoms with van der Waals surface area (Å²) in [5, 5.41) is 3.78. The second-order valence-electron chi connectivity index (χ2n) is 5.01. The molecule has 0 saturated carbocycles. The molecule has 1 atom stereocenters. The fraction of sp³-hybridized carbons (Fsp3) is 0.176. The first-order valence-corrected chi connectivity index (χ1v) is 6.96. The fourth-order valence-corrected chi connectivity index (χ4v) is 2.65. The zero-order valence-electron chi connectivity index (χ0n) is 11.8. The molecule has 4 heteroatoms. The van der Waals surface area contributed by atoms with Crippen LogP contribution in [-0.4, -0.2) is 22.9 Å². The lowest BCUT2D eigenvalue weighted by Crippen LogP contribution is -2.21. The van der Waals surface area contributed by atoms with E-state index < -0.39 is 0 Å². The van der Waals surface area contributed by atoms with E-state index in [2.05, 4.69) is 27.4 Å². The number of pyridine rings is 1. The standard InChI is InChI=1S/C17H17N3O/c1-18-17(21)9-13(12-5-3-2-4-6-12)14-11-20-16-7-8-19-10-15(14)16/h2-8,10-11,13,20H,9H2,1H3,(H,18,21). The van der Waals surface area contributed by atoms with Crippen LogP contribution in [0.25, 0.3) is 10.9 Å². The maximum Gasteiger partial charge on any atom is 0.220 e. The Morgan fingerprint density at radius 2 is 2.10 bits per heavy atom. The van der Waals surface area contributed by atoms with E-state index in [1.165, 1.54) is 0 Å². The van der Waals surface area contributed by atoms with E-state index in [4.69, 9.17) is 0 Å². The molecule has 1 amide bonds. The Kier molecular flexibility index (Phi) is 3.69. The molecule has 2 N–H and O–H groups in total. The van der Waals surface area contributed by atoms with Crippen LogP contribution in [0, 0.1) is 0 Å². The van der Waals surface area contributed by atoms with Crippen LogP contribution in [0.4, 0.5) is 0 Å². The minimum Gasteiger partial charge on any atom is -0.361 e. The molecule has 0 aliphatic heterocycles. The van der Waals surface area contributed by atoms with E-state index in [-0.39, 0.29) is 11.8 Å². The highest BCUT2D eigenvalue weighted by Crippen LogP contribution is 2.32.